The van der Waals surface area contributed by atoms with Crippen molar-refractivity contribution in [1.29, 1.82) is 0 Å². The summed E-state index contributed by atoms with van der Waals surface area (Å²) in [5, 5.41) is 0.0791. The molecule has 1 amide bonds. The minimum Gasteiger partial charge on any atom is -0.493 e. The summed E-state index contributed by atoms with van der Waals surface area (Å²) < 4.78 is 39.7. The summed E-state index contributed by atoms with van der Waals surface area (Å²) in [6, 6.07) is 13.1. The number of hydrogen-bond donors (Lipinski definition) is 0. The molecule has 156 valence electrons. The predicted octanol–water partition coefficient (Wildman–Crippen LogP) is 3.55. The van der Waals surface area contributed by atoms with Crippen LogP contribution in [0.1, 0.15) is 5.56 Å². The molecule has 3 rings (SSSR count). The maximum Gasteiger partial charge on any atom is 0.284 e. The molecule has 0 saturated carbocycles. The highest BCUT2D eigenvalue weighted by atomic mass is 32.2. The second-order valence-corrected chi connectivity index (χ2v) is 8.70. The summed E-state index contributed by atoms with van der Waals surface area (Å²) in [5.41, 5.74) is 0.703. The molecule has 9 heteroatoms. The van der Waals surface area contributed by atoms with Gasteiger partial charge in [-0.15, -0.1) is 11.0 Å². The van der Waals surface area contributed by atoms with E-state index in [2.05, 4.69) is 11.0 Å². The summed E-state index contributed by atoms with van der Waals surface area (Å²) in [4.78, 5) is 14.5. The fraction of sp³-hybridized carbons (Fsp3) is 0.143. The van der Waals surface area contributed by atoms with Crippen molar-refractivity contribution in [2.75, 3.05) is 20.8 Å². The molecule has 0 bridgehead atoms. The average molecular weight is 445 g/mol. The van der Waals surface area contributed by atoms with Gasteiger partial charge in [0.05, 0.1) is 24.0 Å². The molecule has 0 atom stereocenters. The summed E-state index contributed by atoms with van der Waals surface area (Å²) in [6.07, 6.45) is 3.17. The predicted molar refractivity (Wildman–Crippen MR) is 118 cm³/mol. The second-order valence-electron chi connectivity index (χ2n) is 6.09. The Hall–Kier alpha value is -3.04. The lowest BCUT2D eigenvalue weighted by molar-refractivity contribution is -0.121. The first-order chi connectivity index (χ1) is 14.4. The molecule has 1 fully saturated rings. The number of amidine groups is 1. The number of benzene rings is 2. The Labute approximate surface area is 179 Å². The Morgan fingerprint density at radius 1 is 1.10 bits per heavy atom. The van der Waals surface area contributed by atoms with E-state index >= 15 is 0 Å². The molecular weight excluding hydrogens is 424 g/mol. The lowest BCUT2D eigenvalue weighted by atomic mass is 10.2. The van der Waals surface area contributed by atoms with Gasteiger partial charge in [-0.2, -0.15) is 8.42 Å². The van der Waals surface area contributed by atoms with Crippen LogP contribution in [0.25, 0.3) is 6.08 Å². The molecule has 1 aliphatic rings. The Balaban J connectivity index is 1.99. The zero-order valence-corrected chi connectivity index (χ0v) is 18.1. The fourth-order valence-electron chi connectivity index (χ4n) is 2.71. The van der Waals surface area contributed by atoms with E-state index in [0.717, 1.165) is 11.8 Å². The van der Waals surface area contributed by atoms with E-state index in [4.69, 9.17) is 9.47 Å². The minimum atomic E-state index is -3.96. The van der Waals surface area contributed by atoms with Gasteiger partial charge in [0, 0.05) is 6.54 Å². The first-order valence-corrected chi connectivity index (χ1v) is 11.1. The minimum absolute atomic E-state index is 0.0569. The molecule has 0 unspecified atom stereocenters. The van der Waals surface area contributed by atoms with Gasteiger partial charge in [0.1, 0.15) is 0 Å². The first-order valence-electron chi connectivity index (χ1n) is 8.84. The van der Waals surface area contributed by atoms with Crippen LogP contribution in [0.4, 0.5) is 0 Å². The highest BCUT2D eigenvalue weighted by Gasteiger charge is 2.34. The fourth-order valence-corrected chi connectivity index (χ4v) is 4.92. The number of thioether (sulfide) groups is 1. The monoisotopic (exact) mass is 444 g/mol. The molecular formula is C21H20N2O5S2. The van der Waals surface area contributed by atoms with Crippen molar-refractivity contribution in [3.05, 3.63) is 71.7 Å². The van der Waals surface area contributed by atoms with E-state index < -0.39 is 10.0 Å². The highest BCUT2D eigenvalue weighted by molar-refractivity contribution is 8.19. The number of rotatable bonds is 7. The summed E-state index contributed by atoms with van der Waals surface area (Å²) >= 11 is 0.995. The SMILES string of the molecule is C=CCN1C(=O)C(=Cc2ccc(OC)c(OC)c2)SC1=NS(=O)(=O)c1ccccc1. The third-order valence-corrected chi connectivity index (χ3v) is 6.55. The number of amides is 1. The molecule has 1 saturated heterocycles. The number of methoxy groups -OCH3 is 2. The molecule has 2 aromatic carbocycles. The average Bonchev–Trinajstić information content (AvgIpc) is 3.02. The van der Waals surface area contributed by atoms with E-state index in [0.29, 0.717) is 22.0 Å². The van der Waals surface area contributed by atoms with Gasteiger partial charge in [-0.1, -0.05) is 30.3 Å². The van der Waals surface area contributed by atoms with Crippen LogP contribution in [0.2, 0.25) is 0 Å². The van der Waals surface area contributed by atoms with Gasteiger partial charge >= 0.3 is 0 Å². The normalized spacial score (nSPS) is 16.9. The molecule has 30 heavy (non-hydrogen) atoms. The van der Waals surface area contributed by atoms with Crippen molar-refractivity contribution in [2.45, 2.75) is 4.90 Å². The zero-order valence-electron chi connectivity index (χ0n) is 16.4. The maximum atomic E-state index is 12.9. The molecule has 2 aromatic rings. The van der Waals surface area contributed by atoms with Crippen LogP contribution in [0.3, 0.4) is 0 Å². The summed E-state index contributed by atoms with van der Waals surface area (Å²) in [5.74, 6) is 0.733. The number of sulfonamides is 1. The van der Waals surface area contributed by atoms with Crippen LogP contribution < -0.4 is 9.47 Å². The maximum absolute atomic E-state index is 12.9. The van der Waals surface area contributed by atoms with E-state index in [-0.39, 0.29) is 22.5 Å². The number of carbonyl (C=O) groups excluding carboxylic acids is 1. The van der Waals surface area contributed by atoms with E-state index in [1.165, 1.54) is 37.3 Å². The number of nitrogens with zero attached hydrogens (tertiary/aromatic N) is 2. The molecule has 0 N–H and O–H groups in total. The zero-order chi connectivity index (χ0) is 21.7. The largest absolute Gasteiger partial charge is 0.493 e. The Morgan fingerprint density at radius 3 is 2.43 bits per heavy atom. The second kappa shape index (κ2) is 9.19. The van der Waals surface area contributed by atoms with Gasteiger partial charge in [-0.05, 0) is 47.7 Å². The Morgan fingerprint density at radius 2 is 1.80 bits per heavy atom. The topological polar surface area (TPSA) is 85.3 Å². The third kappa shape index (κ3) is 4.58. The summed E-state index contributed by atoms with van der Waals surface area (Å²) in [6.45, 7) is 3.78. The molecule has 1 heterocycles. The summed E-state index contributed by atoms with van der Waals surface area (Å²) in [7, 11) is -0.899. The van der Waals surface area contributed by atoms with Crippen molar-refractivity contribution in [3.8, 4) is 11.5 Å². The van der Waals surface area contributed by atoms with Crippen molar-refractivity contribution in [3.63, 3.8) is 0 Å². The number of ether oxygens (including phenoxy) is 2. The number of hydrogen-bond acceptors (Lipinski definition) is 6. The lowest BCUT2D eigenvalue weighted by Gasteiger charge is -2.12. The van der Waals surface area contributed by atoms with Gasteiger partial charge in [0.15, 0.2) is 16.7 Å². The van der Waals surface area contributed by atoms with Gasteiger partial charge < -0.3 is 9.47 Å². The van der Waals surface area contributed by atoms with Gasteiger partial charge in [0.25, 0.3) is 15.9 Å². The van der Waals surface area contributed by atoms with E-state index in [1.54, 1.807) is 42.5 Å². The lowest BCUT2D eigenvalue weighted by Crippen LogP contribution is -2.29. The van der Waals surface area contributed by atoms with Crippen LogP contribution >= 0.6 is 11.8 Å². The third-order valence-electron chi connectivity index (χ3n) is 4.14. The highest BCUT2D eigenvalue weighted by Crippen LogP contribution is 2.35. The van der Waals surface area contributed by atoms with Crippen LogP contribution in [-0.2, 0) is 14.8 Å². The smallest absolute Gasteiger partial charge is 0.284 e. The van der Waals surface area contributed by atoms with Crippen LogP contribution in [-0.4, -0.2) is 45.2 Å². The van der Waals surface area contributed by atoms with Crippen LogP contribution in [0.5, 0.6) is 11.5 Å². The standard InChI is InChI=1S/C21H20N2O5S2/c1-4-12-23-20(24)19(14-15-10-11-17(27-2)18(13-15)28-3)29-21(23)22-30(25,26)16-8-6-5-7-9-16/h4-11,13-14H,1,12H2,2-3H3. The van der Waals surface area contributed by atoms with Gasteiger partial charge in [-0.3, -0.25) is 9.69 Å². The molecule has 0 aliphatic carbocycles. The van der Waals surface area contributed by atoms with Crippen molar-refractivity contribution in [1.82, 2.24) is 4.90 Å². The van der Waals surface area contributed by atoms with Crippen LogP contribution in [0, 0.1) is 0 Å². The Bertz CT molecular complexity index is 1130. The quantitative estimate of drug-likeness (QED) is 0.480. The Kier molecular flexibility index (Phi) is 6.63. The van der Waals surface area contributed by atoms with E-state index in [9.17, 15) is 13.2 Å². The van der Waals surface area contributed by atoms with Gasteiger partial charge in [-0.25, -0.2) is 0 Å². The van der Waals surface area contributed by atoms with Crippen molar-refractivity contribution < 1.29 is 22.7 Å². The van der Waals surface area contributed by atoms with Crippen molar-refractivity contribution >= 4 is 38.9 Å². The number of carbonyl (C=O) groups is 1. The molecule has 7 nitrogen and oxygen atoms in total. The van der Waals surface area contributed by atoms with Gasteiger partial charge in [0.2, 0.25) is 0 Å². The van der Waals surface area contributed by atoms with Crippen molar-refractivity contribution in [2.24, 2.45) is 4.40 Å². The van der Waals surface area contributed by atoms with E-state index in [1.807, 2.05) is 0 Å². The molecule has 0 aromatic heterocycles. The van der Waals surface area contributed by atoms with Crippen LogP contribution in [0.15, 0.2) is 75.4 Å². The molecule has 0 spiro atoms. The molecule has 0 radical (unpaired) electrons. The first kappa shape index (κ1) is 21.7. The molecule has 1 aliphatic heterocycles.